The number of guanidine groups is 1. The molecule has 6 heteroatoms. The van der Waals surface area contributed by atoms with E-state index in [9.17, 15) is 0 Å². The number of aromatic nitrogens is 1. The first kappa shape index (κ1) is 19.2. The van der Waals surface area contributed by atoms with Crippen LogP contribution in [-0.4, -0.2) is 48.1 Å². The van der Waals surface area contributed by atoms with Gasteiger partial charge in [0.25, 0.3) is 0 Å². The lowest BCUT2D eigenvalue weighted by atomic mass is 10.2. The minimum atomic E-state index is 0. The maximum Gasteiger partial charge on any atom is 0.188 e. The summed E-state index contributed by atoms with van der Waals surface area (Å²) in [6.07, 6.45) is 6.44. The summed E-state index contributed by atoms with van der Waals surface area (Å²) in [5.74, 6) is 0.545. The number of nitrogens with two attached hydrogens (primary N) is 1. The summed E-state index contributed by atoms with van der Waals surface area (Å²) < 4.78 is 0. The average Bonchev–Trinajstić information content (AvgIpc) is 3.03. The zero-order chi connectivity index (χ0) is 14.9. The minimum Gasteiger partial charge on any atom is -0.370 e. The maximum absolute atomic E-state index is 5.94. The second-order valence-electron chi connectivity index (χ2n) is 5.53. The van der Waals surface area contributed by atoms with Crippen LogP contribution in [-0.2, 0) is 6.42 Å². The molecule has 1 saturated heterocycles. The SMILES string of the molecule is CCC(CN=C(N)NCCc1ccccn1)N1CCCC1.I. The molecule has 0 aromatic carbocycles. The van der Waals surface area contributed by atoms with E-state index in [4.69, 9.17) is 5.73 Å². The molecule has 1 atom stereocenters. The van der Waals surface area contributed by atoms with E-state index in [1.54, 1.807) is 0 Å². The first-order valence-corrected chi connectivity index (χ1v) is 7.97. The predicted molar refractivity (Wildman–Crippen MR) is 103 cm³/mol. The van der Waals surface area contributed by atoms with Gasteiger partial charge in [0, 0.05) is 30.9 Å². The monoisotopic (exact) mass is 417 g/mol. The Balaban J connectivity index is 0.00000242. The number of halogens is 1. The number of rotatable bonds is 7. The van der Waals surface area contributed by atoms with Crippen molar-refractivity contribution in [2.75, 3.05) is 26.2 Å². The first-order valence-electron chi connectivity index (χ1n) is 7.97. The summed E-state index contributed by atoms with van der Waals surface area (Å²) in [6.45, 7) is 6.21. The summed E-state index contributed by atoms with van der Waals surface area (Å²) in [7, 11) is 0. The molecule has 0 saturated carbocycles. The molecule has 0 aliphatic carbocycles. The Morgan fingerprint density at radius 3 is 2.82 bits per heavy atom. The van der Waals surface area contributed by atoms with Crippen molar-refractivity contribution in [2.24, 2.45) is 10.7 Å². The molecule has 5 nitrogen and oxygen atoms in total. The fraction of sp³-hybridized carbons (Fsp3) is 0.625. The van der Waals surface area contributed by atoms with Gasteiger partial charge in [-0.1, -0.05) is 13.0 Å². The zero-order valence-electron chi connectivity index (χ0n) is 13.4. The lowest BCUT2D eigenvalue weighted by Gasteiger charge is -2.24. The van der Waals surface area contributed by atoms with Gasteiger partial charge in [-0.3, -0.25) is 14.9 Å². The fourth-order valence-corrected chi connectivity index (χ4v) is 2.73. The van der Waals surface area contributed by atoms with E-state index in [-0.39, 0.29) is 24.0 Å². The van der Waals surface area contributed by atoms with Gasteiger partial charge in [0.1, 0.15) is 0 Å². The highest BCUT2D eigenvalue weighted by atomic mass is 127. The number of pyridine rings is 1. The van der Waals surface area contributed by atoms with Crippen LogP contribution >= 0.6 is 24.0 Å². The van der Waals surface area contributed by atoms with E-state index in [1.165, 1.54) is 25.9 Å². The second kappa shape index (κ2) is 10.8. The quantitative estimate of drug-likeness (QED) is 0.405. The van der Waals surface area contributed by atoms with Crippen molar-refractivity contribution in [1.29, 1.82) is 0 Å². The molecule has 0 bridgehead atoms. The number of nitrogens with zero attached hydrogens (tertiary/aromatic N) is 3. The Labute approximate surface area is 150 Å². The molecular weight excluding hydrogens is 389 g/mol. The van der Waals surface area contributed by atoms with Gasteiger partial charge in [0.05, 0.1) is 6.54 Å². The van der Waals surface area contributed by atoms with E-state index in [0.29, 0.717) is 12.0 Å². The Bertz CT molecular complexity index is 431. The van der Waals surface area contributed by atoms with Gasteiger partial charge in [0.15, 0.2) is 5.96 Å². The van der Waals surface area contributed by atoms with E-state index in [0.717, 1.165) is 31.6 Å². The van der Waals surface area contributed by atoms with Gasteiger partial charge in [-0.25, -0.2) is 0 Å². The Hall–Kier alpha value is -0.890. The number of nitrogens with one attached hydrogen (secondary N) is 1. The van der Waals surface area contributed by atoms with Crippen LogP contribution in [0.5, 0.6) is 0 Å². The van der Waals surface area contributed by atoms with Gasteiger partial charge in [-0.05, 0) is 44.5 Å². The van der Waals surface area contributed by atoms with Crippen LogP contribution in [0.15, 0.2) is 29.4 Å². The lowest BCUT2D eigenvalue weighted by Crippen LogP contribution is -2.38. The minimum absolute atomic E-state index is 0. The summed E-state index contributed by atoms with van der Waals surface area (Å²) in [4.78, 5) is 11.3. The van der Waals surface area contributed by atoms with E-state index >= 15 is 0 Å². The molecule has 2 heterocycles. The Morgan fingerprint density at radius 2 is 2.18 bits per heavy atom. The van der Waals surface area contributed by atoms with Crippen molar-refractivity contribution in [2.45, 2.75) is 38.6 Å². The van der Waals surface area contributed by atoms with Crippen LogP contribution in [0.1, 0.15) is 31.9 Å². The largest absolute Gasteiger partial charge is 0.370 e. The van der Waals surface area contributed by atoms with E-state index in [2.05, 4.69) is 27.1 Å². The third kappa shape index (κ3) is 6.48. The third-order valence-electron chi connectivity index (χ3n) is 4.01. The molecule has 1 aliphatic rings. The average molecular weight is 417 g/mol. The highest BCUT2D eigenvalue weighted by molar-refractivity contribution is 14.0. The third-order valence-corrected chi connectivity index (χ3v) is 4.01. The normalized spacial score (nSPS) is 17.0. The highest BCUT2D eigenvalue weighted by Gasteiger charge is 2.19. The lowest BCUT2D eigenvalue weighted by molar-refractivity contribution is 0.242. The van der Waals surface area contributed by atoms with Gasteiger partial charge in [-0.15, -0.1) is 24.0 Å². The van der Waals surface area contributed by atoms with Crippen molar-refractivity contribution in [3.05, 3.63) is 30.1 Å². The zero-order valence-corrected chi connectivity index (χ0v) is 15.7. The molecule has 0 spiro atoms. The molecule has 0 amide bonds. The number of aliphatic imine (C=N–C) groups is 1. The van der Waals surface area contributed by atoms with Crippen molar-refractivity contribution in [1.82, 2.24) is 15.2 Å². The van der Waals surface area contributed by atoms with Crippen LogP contribution in [0.4, 0.5) is 0 Å². The molecule has 1 fully saturated rings. The molecule has 1 aliphatic heterocycles. The van der Waals surface area contributed by atoms with Crippen molar-refractivity contribution in [3.8, 4) is 0 Å². The second-order valence-corrected chi connectivity index (χ2v) is 5.53. The van der Waals surface area contributed by atoms with E-state index in [1.807, 2.05) is 24.4 Å². The Kier molecular flexibility index (Phi) is 9.38. The molecule has 1 unspecified atom stereocenters. The predicted octanol–water partition coefficient (Wildman–Crippen LogP) is 2.02. The first-order chi connectivity index (χ1) is 10.3. The van der Waals surface area contributed by atoms with Crippen LogP contribution in [0.3, 0.4) is 0 Å². The molecule has 1 aromatic rings. The van der Waals surface area contributed by atoms with Gasteiger partial charge >= 0.3 is 0 Å². The van der Waals surface area contributed by atoms with Crippen molar-refractivity contribution < 1.29 is 0 Å². The highest BCUT2D eigenvalue weighted by Crippen LogP contribution is 2.14. The van der Waals surface area contributed by atoms with Gasteiger partial charge in [-0.2, -0.15) is 0 Å². The van der Waals surface area contributed by atoms with Gasteiger partial charge < -0.3 is 11.1 Å². The van der Waals surface area contributed by atoms with Crippen LogP contribution in [0.25, 0.3) is 0 Å². The molecule has 0 radical (unpaired) electrons. The molecule has 3 N–H and O–H groups in total. The standard InChI is InChI=1S/C16H27N5.HI/c1-2-15(21-11-5-6-12-21)13-20-16(17)19-10-8-14-7-3-4-9-18-14;/h3-4,7,9,15H,2,5-6,8,10-13H2,1H3,(H3,17,19,20);1H. The molecule has 22 heavy (non-hydrogen) atoms. The van der Waals surface area contributed by atoms with Crippen LogP contribution in [0.2, 0.25) is 0 Å². The number of likely N-dealkylation sites (tertiary alicyclic amines) is 1. The molecule has 124 valence electrons. The van der Waals surface area contributed by atoms with Crippen molar-refractivity contribution in [3.63, 3.8) is 0 Å². The van der Waals surface area contributed by atoms with Crippen LogP contribution < -0.4 is 11.1 Å². The number of hydrogen-bond donors (Lipinski definition) is 2. The fourth-order valence-electron chi connectivity index (χ4n) is 2.73. The van der Waals surface area contributed by atoms with Gasteiger partial charge in [0.2, 0.25) is 0 Å². The van der Waals surface area contributed by atoms with Crippen LogP contribution in [0, 0.1) is 0 Å². The molecular formula is C16H28IN5. The smallest absolute Gasteiger partial charge is 0.188 e. The summed E-state index contributed by atoms with van der Waals surface area (Å²) >= 11 is 0. The molecule has 1 aromatic heterocycles. The van der Waals surface area contributed by atoms with Crippen molar-refractivity contribution >= 4 is 29.9 Å². The topological polar surface area (TPSA) is 66.5 Å². The number of hydrogen-bond acceptors (Lipinski definition) is 3. The van der Waals surface area contributed by atoms with E-state index < -0.39 is 0 Å². The summed E-state index contributed by atoms with van der Waals surface area (Å²) in [5.41, 5.74) is 7.01. The summed E-state index contributed by atoms with van der Waals surface area (Å²) in [6, 6.07) is 6.48. The Morgan fingerprint density at radius 1 is 1.41 bits per heavy atom. The summed E-state index contributed by atoms with van der Waals surface area (Å²) in [5, 5.41) is 3.17. The maximum atomic E-state index is 5.94. The molecule has 2 rings (SSSR count).